The van der Waals surface area contributed by atoms with Crippen molar-refractivity contribution in [2.45, 2.75) is 51.6 Å². The quantitative estimate of drug-likeness (QED) is 0.788. The van der Waals surface area contributed by atoms with Crippen LogP contribution in [0.5, 0.6) is 0 Å². The van der Waals surface area contributed by atoms with Crippen molar-refractivity contribution in [3.05, 3.63) is 29.6 Å². The minimum Gasteiger partial charge on any atom is -0.396 e. The van der Waals surface area contributed by atoms with Crippen LogP contribution in [0.25, 0.3) is 11.0 Å². The minimum absolute atomic E-state index is 0.00254. The van der Waals surface area contributed by atoms with Gasteiger partial charge in [-0.2, -0.15) is 0 Å². The summed E-state index contributed by atoms with van der Waals surface area (Å²) < 4.78 is 0. The van der Waals surface area contributed by atoms with Crippen molar-refractivity contribution >= 4 is 17.1 Å². The first-order chi connectivity index (χ1) is 11.6. The first-order valence-electron chi connectivity index (χ1n) is 8.72. The summed E-state index contributed by atoms with van der Waals surface area (Å²) in [6.07, 6.45) is 3.40. The molecule has 1 aliphatic heterocycles. The molecule has 6 heteroatoms. The van der Waals surface area contributed by atoms with Gasteiger partial charge in [0.25, 0.3) is 0 Å². The molecule has 1 aromatic carbocycles. The summed E-state index contributed by atoms with van der Waals surface area (Å²) in [4.78, 5) is 22.5. The number of rotatable bonds is 5. The van der Waals surface area contributed by atoms with E-state index in [4.69, 9.17) is 5.11 Å². The number of benzene rings is 1. The zero-order chi connectivity index (χ0) is 17.1. The zero-order valence-corrected chi connectivity index (χ0v) is 14.4. The van der Waals surface area contributed by atoms with Crippen LogP contribution in [0.15, 0.2) is 18.2 Å². The van der Waals surface area contributed by atoms with E-state index < -0.39 is 0 Å². The highest BCUT2D eigenvalue weighted by Crippen LogP contribution is 2.31. The maximum atomic E-state index is 12.6. The normalized spacial score (nSPS) is 19.0. The Labute approximate surface area is 142 Å². The second-order valence-electron chi connectivity index (χ2n) is 6.71. The minimum atomic E-state index is -0.0421. The van der Waals surface area contributed by atoms with Gasteiger partial charge in [0.05, 0.1) is 17.1 Å². The molecule has 0 radical (unpaired) electrons. The van der Waals surface area contributed by atoms with Crippen LogP contribution in [-0.2, 0) is 0 Å². The van der Waals surface area contributed by atoms with Crippen LogP contribution in [-0.4, -0.2) is 45.2 Å². The van der Waals surface area contributed by atoms with Crippen LogP contribution in [0.1, 0.15) is 50.0 Å². The predicted octanol–water partition coefficient (Wildman–Crippen LogP) is 2.88. The summed E-state index contributed by atoms with van der Waals surface area (Å²) in [5.74, 6) is 0.867. The number of nitrogens with one attached hydrogen (secondary N) is 2. The molecule has 2 amide bonds. The van der Waals surface area contributed by atoms with E-state index in [9.17, 15) is 4.79 Å². The number of urea groups is 1. The highest BCUT2D eigenvalue weighted by atomic mass is 16.3. The van der Waals surface area contributed by atoms with Crippen molar-refractivity contribution in [3.8, 4) is 0 Å². The molecule has 1 fully saturated rings. The van der Waals surface area contributed by atoms with Crippen molar-refractivity contribution in [1.29, 1.82) is 0 Å². The number of likely N-dealkylation sites (tertiary alicyclic amines) is 1. The van der Waals surface area contributed by atoms with Gasteiger partial charge in [-0.1, -0.05) is 6.07 Å². The Hall–Kier alpha value is -2.08. The van der Waals surface area contributed by atoms with Crippen LogP contribution in [0, 0.1) is 6.92 Å². The zero-order valence-electron chi connectivity index (χ0n) is 14.4. The lowest BCUT2D eigenvalue weighted by Gasteiger charge is -2.25. The molecule has 130 valence electrons. The van der Waals surface area contributed by atoms with Crippen LogP contribution in [0.4, 0.5) is 4.79 Å². The van der Waals surface area contributed by atoms with Gasteiger partial charge in [0.15, 0.2) is 0 Å². The molecule has 3 rings (SSSR count). The summed E-state index contributed by atoms with van der Waals surface area (Å²) in [5.41, 5.74) is 3.16. The molecule has 0 spiro atoms. The summed E-state index contributed by atoms with van der Waals surface area (Å²) >= 11 is 0. The largest absolute Gasteiger partial charge is 0.396 e. The Bertz CT molecular complexity index is 712. The highest BCUT2D eigenvalue weighted by molar-refractivity contribution is 5.77. The van der Waals surface area contributed by atoms with Crippen molar-refractivity contribution < 1.29 is 9.90 Å². The molecule has 0 aliphatic carbocycles. The number of imidazole rings is 1. The SMILES string of the molecule is Cc1ccc2nc(C3CCCN3C(=O)NC(C)CCCO)[nH]c2c1. The molecule has 2 unspecified atom stereocenters. The van der Waals surface area contributed by atoms with Gasteiger partial charge in [-0.3, -0.25) is 0 Å². The van der Waals surface area contributed by atoms with E-state index in [0.29, 0.717) is 6.42 Å². The Balaban J connectivity index is 1.73. The van der Waals surface area contributed by atoms with E-state index in [-0.39, 0.29) is 24.7 Å². The van der Waals surface area contributed by atoms with Crippen molar-refractivity contribution in [3.63, 3.8) is 0 Å². The number of amides is 2. The van der Waals surface area contributed by atoms with Crippen LogP contribution >= 0.6 is 0 Å². The molecular formula is C18H26N4O2. The number of aliphatic hydroxyl groups is 1. The average Bonchev–Trinajstić information content (AvgIpc) is 3.18. The van der Waals surface area contributed by atoms with Crippen molar-refractivity contribution in [1.82, 2.24) is 20.2 Å². The lowest BCUT2D eigenvalue weighted by atomic mass is 10.2. The molecule has 2 aromatic rings. The lowest BCUT2D eigenvalue weighted by Crippen LogP contribution is -2.43. The average molecular weight is 330 g/mol. The van der Waals surface area contributed by atoms with Crippen LogP contribution in [0.3, 0.4) is 0 Å². The van der Waals surface area contributed by atoms with Gasteiger partial charge in [-0.15, -0.1) is 0 Å². The molecule has 1 saturated heterocycles. The van der Waals surface area contributed by atoms with Crippen molar-refractivity contribution in [2.75, 3.05) is 13.2 Å². The van der Waals surface area contributed by atoms with Crippen molar-refractivity contribution in [2.24, 2.45) is 0 Å². The van der Waals surface area contributed by atoms with E-state index >= 15 is 0 Å². The van der Waals surface area contributed by atoms with Crippen LogP contribution < -0.4 is 5.32 Å². The van der Waals surface area contributed by atoms with E-state index in [1.165, 1.54) is 5.56 Å². The number of aromatic nitrogens is 2. The van der Waals surface area contributed by atoms with E-state index in [0.717, 1.165) is 42.7 Å². The monoisotopic (exact) mass is 330 g/mol. The molecule has 1 aliphatic rings. The molecule has 24 heavy (non-hydrogen) atoms. The molecule has 3 N–H and O–H groups in total. The fourth-order valence-electron chi connectivity index (χ4n) is 3.36. The Morgan fingerprint density at radius 1 is 1.54 bits per heavy atom. The predicted molar refractivity (Wildman–Crippen MR) is 93.8 cm³/mol. The van der Waals surface area contributed by atoms with Gasteiger partial charge in [0.2, 0.25) is 0 Å². The first kappa shape index (κ1) is 16.8. The maximum Gasteiger partial charge on any atom is 0.318 e. The number of carbonyl (C=O) groups is 1. The number of aromatic amines is 1. The fraction of sp³-hybridized carbons (Fsp3) is 0.556. The van der Waals surface area contributed by atoms with E-state index in [1.807, 2.05) is 17.9 Å². The van der Waals surface area contributed by atoms with E-state index in [1.54, 1.807) is 0 Å². The van der Waals surface area contributed by atoms with E-state index in [2.05, 4.69) is 34.3 Å². The summed E-state index contributed by atoms with van der Waals surface area (Å²) in [6.45, 7) is 4.94. The molecular weight excluding hydrogens is 304 g/mol. The Morgan fingerprint density at radius 2 is 2.38 bits per heavy atom. The van der Waals surface area contributed by atoms with Gasteiger partial charge in [-0.05, 0) is 57.2 Å². The smallest absolute Gasteiger partial charge is 0.318 e. The highest BCUT2D eigenvalue weighted by Gasteiger charge is 2.32. The molecule has 6 nitrogen and oxygen atoms in total. The number of H-pyrrole nitrogens is 1. The lowest BCUT2D eigenvalue weighted by molar-refractivity contribution is 0.186. The maximum absolute atomic E-state index is 12.6. The number of fused-ring (bicyclic) bond motifs is 1. The number of carbonyl (C=O) groups excluding carboxylic acids is 1. The summed E-state index contributed by atoms with van der Waals surface area (Å²) in [5, 5.41) is 11.9. The third-order valence-electron chi connectivity index (χ3n) is 4.65. The summed E-state index contributed by atoms with van der Waals surface area (Å²) in [7, 11) is 0. The molecule has 0 saturated carbocycles. The fourth-order valence-corrected chi connectivity index (χ4v) is 3.36. The topological polar surface area (TPSA) is 81.2 Å². The summed E-state index contributed by atoms with van der Waals surface area (Å²) in [6, 6.07) is 6.17. The third kappa shape index (κ3) is 3.53. The number of aliphatic hydroxyl groups excluding tert-OH is 1. The van der Waals surface area contributed by atoms with Gasteiger partial charge in [0, 0.05) is 19.2 Å². The van der Waals surface area contributed by atoms with Gasteiger partial charge < -0.3 is 20.3 Å². The number of hydrogen-bond donors (Lipinski definition) is 3. The van der Waals surface area contributed by atoms with Gasteiger partial charge in [0.1, 0.15) is 5.82 Å². The van der Waals surface area contributed by atoms with Gasteiger partial charge in [-0.25, -0.2) is 9.78 Å². The molecule has 2 heterocycles. The standard InChI is InChI=1S/C18H26N4O2/c1-12-7-8-14-15(11-12)21-17(20-14)16-6-3-9-22(16)18(24)19-13(2)5-4-10-23/h7-8,11,13,16,23H,3-6,9-10H2,1-2H3,(H,19,24)(H,20,21). The number of aryl methyl sites for hydroxylation is 1. The van der Waals surface area contributed by atoms with Crippen LogP contribution in [0.2, 0.25) is 0 Å². The third-order valence-corrected chi connectivity index (χ3v) is 4.65. The Morgan fingerprint density at radius 3 is 3.17 bits per heavy atom. The second-order valence-corrected chi connectivity index (χ2v) is 6.71. The Kier molecular flexibility index (Phi) is 5.04. The first-order valence-corrected chi connectivity index (χ1v) is 8.72. The second kappa shape index (κ2) is 7.21. The number of hydrogen-bond acceptors (Lipinski definition) is 3. The molecule has 0 bridgehead atoms. The molecule has 2 atom stereocenters. The number of nitrogens with zero attached hydrogens (tertiary/aromatic N) is 2. The molecule has 1 aromatic heterocycles. The van der Waals surface area contributed by atoms with Gasteiger partial charge >= 0.3 is 6.03 Å².